The molecule has 0 saturated carbocycles. The fourth-order valence-corrected chi connectivity index (χ4v) is 5.15. The van der Waals surface area contributed by atoms with Gasteiger partial charge in [0.25, 0.3) is 11.5 Å². The first-order chi connectivity index (χ1) is 17.4. The Labute approximate surface area is 209 Å². The van der Waals surface area contributed by atoms with E-state index in [0.717, 1.165) is 4.70 Å². The number of thiazole rings is 1. The highest BCUT2D eigenvalue weighted by molar-refractivity contribution is 7.22. The SMILES string of the molecule is CCOc1ccc2nc(N3C(=O)C(=O)C(=C(O)c4ccccc4)[C@@H]3c3ccc([N+](=O)[O-])cc3)sc2c1. The van der Waals surface area contributed by atoms with Crippen LogP contribution in [0.2, 0.25) is 0 Å². The van der Waals surface area contributed by atoms with Gasteiger partial charge in [0.15, 0.2) is 5.13 Å². The summed E-state index contributed by atoms with van der Waals surface area (Å²) >= 11 is 1.21. The van der Waals surface area contributed by atoms with Gasteiger partial charge in [-0.3, -0.25) is 24.6 Å². The molecule has 1 aliphatic rings. The fourth-order valence-electron chi connectivity index (χ4n) is 4.13. The molecule has 9 nitrogen and oxygen atoms in total. The fraction of sp³-hybridized carbons (Fsp3) is 0.115. The quantitative estimate of drug-likeness (QED) is 0.126. The maximum Gasteiger partial charge on any atom is 0.301 e. The van der Waals surface area contributed by atoms with Gasteiger partial charge in [0, 0.05) is 17.7 Å². The molecule has 0 unspecified atom stereocenters. The average molecular weight is 502 g/mol. The molecule has 36 heavy (non-hydrogen) atoms. The summed E-state index contributed by atoms with van der Waals surface area (Å²) in [4.78, 5) is 43.0. The third-order valence-electron chi connectivity index (χ3n) is 5.78. The monoisotopic (exact) mass is 501 g/mol. The number of hydrogen-bond acceptors (Lipinski definition) is 8. The van der Waals surface area contributed by atoms with E-state index in [1.165, 1.54) is 40.5 Å². The number of aliphatic hydroxyl groups is 1. The first kappa shape index (κ1) is 23.2. The molecule has 0 radical (unpaired) electrons. The molecule has 1 saturated heterocycles. The zero-order chi connectivity index (χ0) is 25.4. The number of nitro groups is 1. The van der Waals surface area contributed by atoms with Gasteiger partial charge in [-0.1, -0.05) is 41.7 Å². The normalized spacial score (nSPS) is 17.0. The van der Waals surface area contributed by atoms with Crippen molar-refractivity contribution in [1.29, 1.82) is 0 Å². The first-order valence-electron chi connectivity index (χ1n) is 11.0. The zero-order valence-electron chi connectivity index (χ0n) is 19.0. The van der Waals surface area contributed by atoms with Crippen LogP contribution in [0.1, 0.15) is 24.1 Å². The largest absolute Gasteiger partial charge is 0.507 e. The maximum atomic E-state index is 13.3. The second kappa shape index (κ2) is 9.23. The van der Waals surface area contributed by atoms with Crippen molar-refractivity contribution < 1.29 is 24.4 Å². The van der Waals surface area contributed by atoms with E-state index in [9.17, 15) is 24.8 Å². The summed E-state index contributed by atoms with van der Waals surface area (Å²) in [6.45, 7) is 2.37. The molecule has 5 rings (SSSR count). The molecule has 1 amide bonds. The topological polar surface area (TPSA) is 123 Å². The smallest absolute Gasteiger partial charge is 0.301 e. The van der Waals surface area contributed by atoms with Gasteiger partial charge >= 0.3 is 5.91 Å². The number of carbonyl (C=O) groups excluding carboxylic acids is 2. The summed E-state index contributed by atoms with van der Waals surface area (Å²) in [6, 6.07) is 18.3. The molecule has 10 heteroatoms. The van der Waals surface area contributed by atoms with Crippen LogP contribution in [0.4, 0.5) is 10.8 Å². The molecule has 1 N–H and O–H groups in total. The third-order valence-corrected chi connectivity index (χ3v) is 6.79. The van der Waals surface area contributed by atoms with E-state index in [-0.39, 0.29) is 22.2 Å². The van der Waals surface area contributed by atoms with Gasteiger partial charge in [-0.05, 0) is 42.8 Å². The van der Waals surface area contributed by atoms with Crippen molar-refractivity contribution >= 4 is 49.8 Å². The number of carbonyl (C=O) groups is 2. The Kier molecular flexibility index (Phi) is 5.95. The molecule has 3 aromatic carbocycles. The third kappa shape index (κ3) is 3.97. The van der Waals surface area contributed by atoms with Crippen molar-refractivity contribution in [1.82, 2.24) is 4.98 Å². The van der Waals surface area contributed by atoms with Gasteiger partial charge in [-0.2, -0.15) is 0 Å². The predicted molar refractivity (Wildman–Crippen MR) is 135 cm³/mol. The lowest BCUT2D eigenvalue weighted by atomic mass is 9.95. The maximum absolute atomic E-state index is 13.3. The molecule has 1 atom stereocenters. The van der Waals surface area contributed by atoms with Crippen LogP contribution in [-0.2, 0) is 9.59 Å². The van der Waals surface area contributed by atoms with Crippen LogP contribution in [0.15, 0.2) is 78.4 Å². The number of hydrogen-bond donors (Lipinski definition) is 1. The number of ether oxygens (including phenoxy) is 1. The number of aliphatic hydroxyl groups excluding tert-OH is 1. The Morgan fingerprint density at radius 1 is 1.11 bits per heavy atom. The number of aromatic nitrogens is 1. The minimum Gasteiger partial charge on any atom is -0.507 e. The van der Waals surface area contributed by atoms with Crippen LogP contribution in [0, 0.1) is 10.1 Å². The molecule has 2 heterocycles. The summed E-state index contributed by atoms with van der Waals surface area (Å²) in [5.41, 5.74) is 1.15. The Hall–Kier alpha value is -4.57. The molecule has 180 valence electrons. The van der Waals surface area contributed by atoms with Gasteiger partial charge in [0.05, 0.1) is 33.4 Å². The minimum atomic E-state index is -1.03. The summed E-state index contributed by atoms with van der Waals surface area (Å²) in [6.07, 6.45) is 0. The van der Waals surface area contributed by atoms with Crippen LogP contribution in [0.3, 0.4) is 0 Å². The molecule has 0 bridgehead atoms. The lowest BCUT2D eigenvalue weighted by Gasteiger charge is -2.22. The van der Waals surface area contributed by atoms with E-state index in [4.69, 9.17) is 4.74 Å². The summed E-state index contributed by atoms with van der Waals surface area (Å²) in [7, 11) is 0. The lowest BCUT2D eigenvalue weighted by molar-refractivity contribution is -0.384. The number of Topliss-reactive ketones (excluding diaryl/α,β-unsaturated/α-hetero) is 1. The summed E-state index contributed by atoms with van der Waals surface area (Å²) in [5.74, 6) is -1.40. The Morgan fingerprint density at radius 3 is 2.50 bits per heavy atom. The van der Waals surface area contributed by atoms with Gasteiger partial charge < -0.3 is 9.84 Å². The Balaban J connectivity index is 1.69. The van der Waals surface area contributed by atoms with E-state index >= 15 is 0 Å². The van der Waals surface area contributed by atoms with E-state index in [1.807, 2.05) is 6.92 Å². The highest BCUT2D eigenvalue weighted by Gasteiger charge is 2.48. The Morgan fingerprint density at radius 2 is 1.83 bits per heavy atom. The van der Waals surface area contributed by atoms with E-state index < -0.39 is 22.7 Å². The number of nitro benzene ring substituents is 1. The van der Waals surface area contributed by atoms with Gasteiger partial charge in [-0.25, -0.2) is 4.98 Å². The van der Waals surface area contributed by atoms with Crippen molar-refractivity contribution in [2.45, 2.75) is 13.0 Å². The summed E-state index contributed by atoms with van der Waals surface area (Å²) < 4.78 is 6.31. The zero-order valence-corrected chi connectivity index (χ0v) is 19.8. The van der Waals surface area contributed by atoms with Crippen LogP contribution in [0.25, 0.3) is 16.0 Å². The predicted octanol–water partition coefficient (Wildman–Crippen LogP) is 5.23. The number of rotatable bonds is 6. The summed E-state index contributed by atoms with van der Waals surface area (Å²) in [5, 5.41) is 22.6. The molecular weight excluding hydrogens is 482 g/mol. The number of nitrogens with zero attached hydrogens (tertiary/aromatic N) is 3. The van der Waals surface area contributed by atoms with Crippen LogP contribution < -0.4 is 9.64 Å². The standard InChI is InChI=1S/C26H19N3O6S/c1-2-35-18-12-13-19-20(14-18)36-26(27-19)28-22(15-8-10-17(11-9-15)29(33)34)21(24(31)25(28)32)23(30)16-6-4-3-5-7-16/h3-14,22,30H,2H2,1H3/t22-/m0/s1. The molecular formula is C26H19N3O6S. The molecule has 1 fully saturated rings. The minimum absolute atomic E-state index is 0.116. The van der Waals surface area contributed by atoms with E-state index in [1.54, 1.807) is 48.5 Å². The van der Waals surface area contributed by atoms with Gasteiger partial charge in [0.1, 0.15) is 11.5 Å². The second-order valence-electron chi connectivity index (χ2n) is 7.94. The number of anilines is 1. The highest BCUT2D eigenvalue weighted by atomic mass is 32.1. The van der Waals surface area contributed by atoms with Crippen molar-refractivity contribution in [3.05, 3.63) is 99.6 Å². The van der Waals surface area contributed by atoms with Crippen molar-refractivity contribution in [2.75, 3.05) is 11.5 Å². The number of non-ortho nitro benzene ring substituents is 1. The number of fused-ring (bicyclic) bond motifs is 1. The van der Waals surface area contributed by atoms with Gasteiger partial charge in [0.2, 0.25) is 0 Å². The Bertz CT molecular complexity index is 1530. The second-order valence-corrected chi connectivity index (χ2v) is 8.95. The number of amides is 1. The lowest BCUT2D eigenvalue weighted by Crippen LogP contribution is -2.29. The highest BCUT2D eigenvalue weighted by Crippen LogP contribution is 2.44. The number of ketones is 1. The van der Waals surface area contributed by atoms with Crippen LogP contribution >= 0.6 is 11.3 Å². The van der Waals surface area contributed by atoms with E-state index in [2.05, 4.69) is 4.98 Å². The molecule has 1 aromatic heterocycles. The molecule has 0 aliphatic carbocycles. The van der Waals surface area contributed by atoms with Crippen molar-refractivity contribution in [3.8, 4) is 5.75 Å². The molecule has 0 spiro atoms. The van der Waals surface area contributed by atoms with E-state index in [0.29, 0.717) is 29.0 Å². The molecule has 4 aromatic rings. The van der Waals surface area contributed by atoms with Gasteiger partial charge in [-0.15, -0.1) is 0 Å². The molecule has 1 aliphatic heterocycles. The van der Waals surface area contributed by atoms with Crippen LogP contribution in [0.5, 0.6) is 5.75 Å². The van der Waals surface area contributed by atoms with Crippen LogP contribution in [-0.4, -0.2) is 33.3 Å². The number of benzene rings is 3. The van der Waals surface area contributed by atoms with Crippen molar-refractivity contribution in [2.24, 2.45) is 0 Å². The van der Waals surface area contributed by atoms with Crippen molar-refractivity contribution in [3.63, 3.8) is 0 Å². The average Bonchev–Trinajstić information content (AvgIpc) is 3.42. The first-order valence-corrected chi connectivity index (χ1v) is 11.8.